The van der Waals surface area contributed by atoms with E-state index in [4.69, 9.17) is 4.74 Å². The van der Waals surface area contributed by atoms with E-state index in [1.165, 1.54) is 11.3 Å². The molecular formula is C21H32N2O2. The van der Waals surface area contributed by atoms with Crippen molar-refractivity contribution < 1.29 is 9.53 Å². The lowest BCUT2D eigenvalue weighted by molar-refractivity contribution is 0.0683. The summed E-state index contributed by atoms with van der Waals surface area (Å²) in [5.41, 5.74) is 4.91. The normalized spacial score (nSPS) is 20.6. The second kappa shape index (κ2) is 5.73. The molecule has 3 rings (SSSR count). The molecule has 0 atom stereocenters. The monoisotopic (exact) mass is 344 g/mol. The molecule has 0 radical (unpaired) electrons. The predicted molar refractivity (Wildman–Crippen MR) is 103 cm³/mol. The van der Waals surface area contributed by atoms with Crippen molar-refractivity contribution in [2.45, 2.75) is 66.5 Å². The number of piperazine rings is 1. The number of ether oxygens (including phenoxy) is 1. The van der Waals surface area contributed by atoms with Crippen LogP contribution in [0.3, 0.4) is 0 Å². The summed E-state index contributed by atoms with van der Waals surface area (Å²) >= 11 is 0. The Morgan fingerprint density at radius 1 is 0.920 bits per heavy atom. The first-order chi connectivity index (χ1) is 11.4. The number of fused-ring (bicyclic) bond motifs is 1. The number of Topliss-reactive ketones (excluding diaryl/α,β-unsaturated/α-hetero) is 1. The van der Waals surface area contributed by atoms with E-state index in [1.54, 1.807) is 0 Å². The van der Waals surface area contributed by atoms with Crippen LogP contribution in [-0.2, 0) is 0 Å². The molecule has 2 aliphatic rings. The summed E-state index contributed by atoms with van der Waals surface area (Å²) in [4.78, 5) is 17.9. The van der Waals surface area contributed by atoms with Crippen molar-refractivity contribution in [2.24, 2.45) is 0 Å². The second-order valence-electron chi connectivity index (χ2n) is 9.01. The Morgan fingerprint density at radius 2 is 1.48 bits per heavy atom. The summed E-state index contributed by atoms with van der Waals surface area (Å²) in [5.74, 6) is 0.903. The van der Waals surface area contributed by atoms with Crippen molar-refractivity contribution >= 4 is 11.5 Å². The molecule has 4 nitrogen and oxygen atoms in total. The van der Waals surface area contributed by atoms with Gasteiger partial charge in [0.2, 0.25) is 5.78 Å². The maximum absolute atomic E-state index is 12.9. The summed E-state index contributed by atoms with van der Waals surface area (Å²) in [6, 6.07) is 0. The molecule has 0 aliphatic carbocycles. The standard InChI is InChI=1S/C21H32N2O2/c1-13-14(2)18-16(19(24)21(7,8)25-18)15(3)17(13)22-9-11-23(12-10-22)20(4,5)6/h9-12H2,1-8H3. The quantitative estimate of drug-likeness (QED) is 0.774. The SMILES string of the molecule is Cc1c(C)c(N2CCN(C(C)(C)C)CC2)c(C)c2c1OC(C)(C)C2=O. The van der Waals surface area contributed by atoms with E-state index in [2.05, 4.69) is 51.3 Å². The van der Waals surface area contributed by atoms with Crippen LogP contribution >= 0.6 is 0 Å². The Labute approximate surface area is 152 Å². The third-order valence-electron chi connectivity index (χ3n) is 5.89. The average Bonchev–Trinajstić information content (AvgIpc) is 2.76. The Bertz CT molecular complexity index is 721. The van der Waals surface area contributed by atoms with E-state index >= 15 is 0 Å². The fraction of sp³-hybridized carbons (Fsp3) is 0.667. The number of anilines is 1. The van der Waals surface area contributed by atoms with Crippen molar-refractivity contribution in [1.29, 1.82) is 0 Å². The topological polar surface area (TPSA) is 32.8 Å². The van der Waals surface area contributed by atoms with Crippen LogP contribution in [0.4, 0.5) is 5.69 Å². The number of ketones is 1. The highest BCUT2D eigenvalue weighted by atomic mass is 16.5. The Hall–Kier alpha value is -1.55. The lowest BCUT2D eigenvalue weighted by Crippen LogP contribution is -2.53. The van der Waals surface area contributed by atoms with Gasteiger partial charge in [0.1, 0.15) is 5.75 Å². The lowest BCUT2D eigenvalue weighted by Gasteiger charge is -2.44. The molecule has 1 fully saturated rings. The molecule has 2 heterocycles. The highest BCUT2D eigenvalue weighted by Crippen LogP contribution is 2.45. The van der Waals surface area contributed by atoms with Gasteiger partial charge in [0, 0.05) is 37.4 Å². The summed E-state index contributed by atoms with van der Waals surface area (Å²) in [7, 11) is 0. The van der Waals surface area contributed by atoms with E-state index in [9.17, 15) is 4.79 Å². The number of hydrogen-bond donors (Lipinski definition) is 0. The van der Waals surface area contributed by atoms with Crippen LogP contribution < -0.4 is 9.64 Å². The number of rotatable bonds is 1. The highest BCUT2D eigenvalue weighted by molar-refractivity contribution is 6.09. The first-order valence-corrected chi connectivity index (χ1v) is 9.32. The van der Waals surface area contributed by atoms with Gasteiger partial charge < -0.3 is 9.64 Å². The molecule has 2 aliphatic heterocycles. The average molecular weight is 344 g/mol. The molecule has 0 bridgehead atoms. The van der Waals surface area contributed by atoms with E-state index in [0.717, 1.165) is 48.6 Å². The number of carbonyl (C=O) groups is 1. The largest absolute Gasteiger partial charge is 0.479 e. The van der Waals surface area contributed by atoms with Gasteiger partial charge in [0.25, 0.3) is 0 Å². The summed E-state index contributed by atoms with van der Waals surface area (Å²) in [6.07, 6.45) is 0. The van der Waals surface area contributed by atoms with Crippen LogP contribution in [0.15, 0.2) is 0 Å². The Kier molecular flexibility index (Phi) is 4.18. The van der Waals surface area contributed by atoms with Crippen LogP contribution in [0, 0.1) is 20.8 Å². The maximum Gasteiger partial charge on any atom is 0.209 e. The molecular weight excluding hydrogens is 312 g/mol. The van der Waals surface area contributed by atoms with Crippen molar-refractivity contribution in [3.8, 4) is 5.75 Å². The van der Waals surface area contributed by atoms with Gasteiger partial charge in [-0.05, 0) is 72.1 Å². The van der Waals surface area contributed by atoms with Gasteiger partial charge in [-0.3, -0.25) is 9.69 Å². The minimum absolute atomic E-state index is 0.109. The van der Waals surface area contributed by atoms with E-state index < -0.39 is 5.60 Å². The fourth-order valence-electron chi connectivity index (χ4n) is 4.18. The number of benzene rings is 1. The van der Waals surface area contributed by atoms with Crippen LogP contribution in [0.1, 0.15) is 61.7 Å². The van der Waals surface area contributed by atoms with Crippen molar-refractivity contribution in [1.82, 2.24) is 4.90 Å². The molecule has 0 aromatic heterocycles. The zero-order valence-corrected chi connectivity index (χ0v) is 17.0. The second-order valence-corrected chi connectivity index (χ2v) is 9.01. The predicted octanol–water partition coefficient (Wildman–Crippen LogP) is 3.89. The van der Waals surface area contributed by atoms with E-state index in [-0.39, 0.29) is 11.3 Å². The number of nitrogens with zero attached hydrogens (tertiary/aromatic N) is 2. The highest BCUT2D eigenvalue weighted by Gasteiger charge is 2.43. The van der Waals surface area contributed by atoms with Gasteiger partial charge in [0.05, 0.1) is 5.56 Å². The molecule has 0 saturated carbocycles. The molecule has 25 heavy (non-hydrogen) atoms. The fourth-order valence-corrected chi connectivity index (χ4v) is 4.18. The number of carbonyl (C=O) groups excluding carboxylic acids is 1. The smallest absolute Gasteiger partial charge is 0.209 e. The molecule has 4 heteroatoms. The number of hydrogen-bond acceptors (Lipinski definition) is 4. The summed E-state index contributed by atoms with van der Waals surface area (Å²) in [6.45, 7) is 21.0. The van der Waals surface area contributed by atoms with Gasteiger partial charge >= 0.3 is 0 Å². The Morgan fingerprint density at radius 3 is 2.00 bits per heavy atom. The summed E-state index contributed by atoms with van der Waals surface area (Å²) in [5, 5.41) is 0. The molecule has 0 unspecified atom stereocenters. The van der Waals surface area contributed by atoms with Gasteiger partial charge in [0.15, 0.2) is 5.60 Å². The zero-order valence-electron chi connectivity index (χ0n) is 17.0. The van der Waals surface area contributed by atoms with Crippen molar-refractivity contribution in [3.05, 3.63) is 22.3 Å². The first-order valence-electron chi connectivity index (χ1n) is 9.32. The van der Waals surface area contributed by atoms with Gasteiger partial charge in [-0.25, -0.2) is 0 Å². The molecule has 0 spiro atoms. The molecule has 1 saturated heterocycles. The van der Waals surface area contributed by atoms with Gasteiger partial charge in [-0.15, -0.1) is 0 Å². The van der Waals surface area contributed by atoms with Crippen LogP contribution in [0.25, 0.3) is 0 Å². The van der Waals surface area contributed by atoms with E-state index in [1.807, 2.05) is 13.8 Å². The molecule has 1 aromatic rings. The minimum atomic E-state index is -0.756. The molecule has 138 valence electrons. The van der Waals surface area contributed by atoms with Crippen molar-refractivity contribution in [3.63, 3.8) is 0 Å². The van der Waals surface area contributed by atoms with Crippen LogP contribution in [0.2, 0.25) is 0 Å². The van der Waals surface area contributed by atoms with Crippen LogP contribution in [0.5, 0.6) is 5.75 Å². The third-order valence-corrected chi connectivity index (χ3v) is 5.89. The minimum Gasteiger partial charge on any atom is -0.479 e. The lowest BCUT2D eigenvalue weighted by atomic mass is 9.90. The molecule has 0 amide bonds. The summed E-state index contributed by atoms with van der Waals surface area (Å²) < 4.78 is 6.03. The zero-order chi connectivity index (χ0) is 18.7. The molecule has 1 aromatic carbocycles. The Balaban J connectivity index is 1.99. The van der Waals surface area contributed by atoms with Crippen LogP contribution in [-0.4, -0.2) is 48.0 Å². The van der Waals surface area contributed by atoms with Crippen molar-refractivity contribution in [2.75, 3.05) is 31.1 Å². The first kappa shape index (κ1) is 18.2. The maximum atomic E-state index is 12.9. The van der Waals surface area contributed by atoms with Gasteiger partial charge in [-0.1, -0.05) is 0 Å². The molecule has 0 N–H and O–H groups in total. The van der Waals surface area contributed by atoms with E-state index in [0.29, 0.717) is 0 Å². The van der Waals surface area contributed by atoms with Gasteiger partial charge in [-0.2, -0.15) is 0 Å². The third kappa shape index (κ3) is 2.84.